The Bertz CT molecular complexity index is 780. The van der Waals surface area contributed by atoms with Gasteiger partial charge in [0.15, 0.2) is 0 Å². The first-order chi connectivity index (χ1) is 9.22. The summed E-state index contributed by atoms with van der Waals surface area (Å²) in [5.74, 6) is -0.424. The van der Waals surface area contributed by atoms with Crippen molar-refractivity contribution in [2.75, 3.05) is 12.3 Å². The maximum atomic E-state index is 11.8. The summed E-state index contributed by atoms with van der Waals surface area (Å²) in [5, 5.41) is 1.06. The third kappa shape index (κ3) is 1.82. The van der Waals surface area contributed by atoms with Crippen LogP contribution in [0.5, 0.6) is 0 Å². The second-order valence-electron chi connectivity index (χ2n) is 4.08. The summed E-state index contributed by atoms with van der Waals surface area (Å²) in [5.41, 5.74) is 7.71. The van der Waals surface area contributed by atoms with Crippen molar-refractivity contribution in [3.8, 4) is 0 Å². The highest BCUT2D eigenvalue weighted by molar-refractivity contribution is 7.26. The van der Waals surface area contributed by atoms with Crippen LogP contribution in [-0.4, -0.2) is 17.6 Å². The molecule has 0 spiro atoms. The van der Waals surface area contributed by atoms with Crippen molar-refractivity contribution in [2.24, 2.45) is 0 Å². The van der Waals surface area contributed by atoms with Crippen LogP contribution < -0.4 is 5.73 Å². The van der Waals surface area contributed by atoms with Crippen LogP contribution in [0.15, 0.2) is 30.5 Å². The number of fused-ring (bicyclic) bond motifs is 3. The van der Waals surface area contributed by atoms with Crippen LogP contribution in [0, 0.1) is 0 Å². The van der Waals surface area contributed by atoms with E-state index in [1.165, 1.54) is 6.20 Å². The van der Waals surface area contributed by atoms with E-state index in [2.05, 4.69) is 4.98 Å². The summed E-state index contributed by atoms with van der Waals surface area (Å²) in [4.78, 5) is 16.1. The Labute approximate surface area is 113 Å². The number of hydrogen-bond acceptors (Lipinski definition) is 5. The van der Waals surface area contributed by atoms with Gasteiger partial charge in [0.2, 0.25) is 0 Å². The minimum Gasteiger partial charge on any atom is -0.462 e. The maximum Gasteiger partial charge on any atom is 0.341 e. The first-order valence-electron chi connectivity index (χ1n) is 5.95. The predicted molar refractivity (Wildman–Crippen MR) is 77.5 cm³/mol. The van der Waals surface area contributed by atoms with Crippen molar-refractivity contribution >= 4 is 43.3 Å². The molecule has 0 radical (unpaired) electrons. The lowest BCUT2D eigenvalue weighted by Crippen LogP contribution is -2.08. The zero-order valence-corrected chi connectivity index (χ0v) is 11.2. The molecule has 0 aliphatic heterocycles. The number of benzene rings is 1. The van der Waals surface area contributed by atoms with Gasteiger partial charge in [-0.25, -0.2) is 4.79 Å². The lowest BCUT2D eigenvalue weighted by Gasteiger charge is -2.05. The first kappa shape index (κ1) is 11.9. The van der Waals surface area contributed by atoms with Crippen LogP contribution in [0.2, 0.25) is 0 Å². The molecule has 3 aromatic rings. The smallest absolute Gasteiger partial charge is 0.341 e. The van der Waals surface area contributed by atoms with Crippen molar-refractivity contribution in [3.05, 3.63) is 36.0 Å². The molecule has 0 aliphatic rings. The number of anilines is 1. The highest BCUT2D eigenvalue weighted by Crippen LogP contribution is 2.36. The van der Waals surface area contributed by atoms with E-state index in [9.17, 15) is 4.79 Å². The van der Waals surface area contributed by atoms with Crippen LogP contribution in [0.3, 0.4) is 0 Å². The fraction of sp³-hybridized carbons (Fsp3) is 0.143. The Balaban J connectivity index is 2.27. The van der Waals surface area contributed by atoms with Crippen LogP contribution in [0.4, 0.5) is 5.69 Å². The van der Waals surface area contributed by atoms with Gasteiger partial charge in [0.05, 0.1) is 22.5 Å². The molecule has 2 heterocycles. The quantitative estimate of drug-likeness (QED) is 0.727. The summed E-state index contributed by atoms with van der Waals surface area (Å²) in [6.45, 7) is 2.09. The Morgan fingerprint density at radius 2 is 2.21 bits per heavy atom. The number of nitrogens with zero attached hydrogens (tertiary/aromatic N) is 1. The molecule has 96 valence electrons. The average molecular weight is 272 g/mol. The molecule has 19 heavy (non-hydrogen) atoms. The van der Waals surface area contributed by atoms with Gasteiger partial charge in [0.1, 0.15) is 5.56 Å². The summed E-state index contributed by atoms with van der Waals surface area (Å²) in [6, 6.07) is 7.96. The molecule has 0 aliphatic carbocycles. The molecule has 0 fully saturated rings. The molecular weight excluding hydrogens is 260 g/mol. The minimum absolute atomic E-state index is 0.322. The third-order valence-electron chi connectivity index (χ3n) is 2.92. The molecule has 4 nitrogen and oxygen atoms in total. The molecule has 0 unspecified atom stereocenters. The molecule has 0 saturated heterocycles. The van der Waals surface area contributed by atoms with Gasteiger partial charge in [-0.15, -0.1) is 11.3 Å². The molecule has 1 aromatic carbocycles. The van der Waals surface area contributed by atoms with Crippen molar-refractivity contribution < 1.29 is 9.53 Å². The van der Waals surface area contributed by atoms with Gasteiger partial charge >= 0.3 is 5.97 Å². The van der Waals surface area contributed by atoms with E-state index in [-0.39, 0.29) is 0 Å². The molecule has 2 N–H and O–H groups in total. The number of esters is 1. The number of carbonyl (C=O) groups excluding carboxylic acids is 1. The molecule has 0 amide bonds. The fourth-order valence-electron chi connectivity index (χ4n) is 2.04. The second-order valence-corrected chi connectivity index (χ2v) is 5.13. The van der Waals surface area contributed by atoms with Crippen molar-refractivity contribution in [2.45, 2.75) is 6.92 Å². The van der Waals surface area contributed by atoms with Gasteiger partial charge in [-0.2, -0.15) is 0 Å². The van der Waals surface area contributed by atoms with E-state index >= 15 is 0 Å². The second kappa shape index (κ2) is 4.51. The van der Waals surface area contributed by atoms with E-state index in [4.69, 9.17) is 10.5 Å². The first-order valence-corrected chi connectivity index (χ1v) is 6.77. The Morgan fingerprint density at radius 1 is 1.42 bits per heavy atom. The van der Waals surface area contributed by atoms with Crippen LogP contribution in [0.1, 0.15) is 17.3 Å². The number of pyridine rings is 1. The molecule has 0 bridgehead atoms. The largest absolute Gasteiger partial charge is 0.462 e. The zero-order valence-electron chi connectivity index (χ0n) is 10.3. The van der Waals surface area contributed by atoms with Crippen molar-refractivity contribution in [3.63, 3.8) is 0 Å². The van der Waals surface area contributed by atoms with Gasteiger partial charge in [-0.05, 0) is 13.0 Å². The van der Waals surface area contributed by atoms with E-state index in [0.29, 0.717) is 17.9 Å². The minimum atomic E-state index is -0.424. The number of rotatable bonds is 2. The van der Waals surface area contributed by atoms with Gasteiger partial charge in [-0.1, -0.05) is 18.2 Å². The molecule has 3 rings (SSSR count). The normalized spacial score (nSPS) is 11.0. The van der Waals surface area contributed by atoms with Gasteiger partial charge in [0.25, 0.3) is 0 Å². The van der Waals surface area contributed by atoms with E-state index in [1.54, 1.807) is 18.3 Å². The number of carbonyl (C=O) groups is 1. The van der Waals surface area contributed by atoms with Crippen LogP contribution in [0.25, 0.3) is 20.3 Å². The summed E-state index contributed by atoms with van der Waals surface area (Å²) in [6.07, 6.45) is 1.49. The number of thiophene rings is 1. The standard InChI is InChI=1S/C14H12N2O2S/c1-2-18-14(17)9-7-16-12-8-5-3-4-6-10(8)19-13(12)11(9)15/h3-7H,2H2,1H3,(H2,15,16). The third-order valence-corrected chi connectivity index (χ3v) is 4.12. The van der Waals surface area contributed by atoms with Crippen molar-refractivity contribution in [1.82, 2.24) is 4.98 Å². The topological polar surface area (TPSA) is 65.2 Å². The highest BCUT2D eigenvalue weighted by Gasteiger charge is 2.17. The molecule has 5 heteroatoms. The summed E-state index contributed by atoms with van der Waals surface area (Å²) >= 11 is 1.54. The zero-order chi connectivity index (χ0) is 13.4. The number of nitrogen functional groups attached to an aromatic ring is 1. The summed E-state index contributed by atoms with van der Waals surface area (Å²) < 4.78 is 6.93. The predicted octanol–water partition coefficient (Wildman–Crippen LogP) is 3.21. The number of nitrogens with two attached hydrogens (primary N) is 1. The Hall–Kier alpha value is -2.14. The van der Waals surface area contributed by atoms with E-state index in [1.807, 2.05) is 24.3 Å². The van der Waals surface area contributed by atoms with E-state index < -0.39 is 5.97 Å². The molecule has 2 aromatic heterocycles. The SMILES string of the molecule is CCOC(=O)c1cnc2c(sc3ccccc32)c1N. The van der Waals surface area contributed by atoms with Gasteiger partial charge < -0.3 is 10.5 Å². The number of hydrogen-bond donors (Lipinski definition) is 1. The average Bonchev–Trinajstić information content (AvgIpc) is 2.79. The van der Waals surface area contributed by atoms with Crippen LogP contribution >= 0.6 is 11.3 Å². The fourth-order valence-corrected chi connectivity index (χ4v) is 3.16. The highest BCUT2D eigenvalue weighted by atomic mass is 32.1. The monoisotopic (exact) mass is 272 g/mol. The van der Waals surface area contributed by atoms with Gasteiger partial charge in [0, 0.05) is 16.3 Å². The van der Waals surface area contributed by atoms with Crippen molar-refractivity contribution in [1.29, 1.82) is 0 Å². The van der Waals surface area contributed by atoms with Gasteiger partial charge in [-0.3, -0.25) is 4.98 Å². The molecular formula is C14H12N2O2S. The van der Waals surface area contributed by atoms with Crippen LogP contribution in [-0.2, 0) is 4.74 Å². The molecule has 0 atom stereocenters. The molecule has 0 saturated carbocycles. The lowest BCUT2D eigenvalue weighted by atomic mass is 10.2. The lowest BCUT2D eigenvalue weighted by molar-refractivity contribution is 0.0527. The maximum absolute atomic E-state index is 11.8. The summed E-state index contributed by atoms with van der Waals surface area (Å²) in [7, 11) is 0. The Kier molecular flexibility index (Phi) is 2.83. The number of aromatic nitrogens is 1. The number of ether oxygens (including phenoxy) is 1. The Morgan fingerprint density at radius 3 is 3.00 bits per heavy atom. The van der Waals surface area contributed by atoms with E-state index in [0.717, 1.165) is 20.3 Å².